The number of nitrogens with zero attached hydrogens (tertiary/aromatic N) is 1. The van der Waals surface area contributed by atoms with Crippen LogP contribution < -0.4 is 11.5 Å². The Balaban J connectivity index is 2.13. The van der Waals surface area contributed by atoms with Gasteiger partial charge in [-0.15, -0.1) is 11.8 Å². The molecule has 2 rings (SSSR count). The highest BCUT2D eigenvalue weighted by atomic mass is 32.2. The molecule has 0 saturated heterocycles. The lowest BCUT2D eigenvalue weighted by atomic mass is 10.1. The first-order valence-corrected chi connectivity index (χ1v) is 7.43. The molecule has 1 aromatic carbocycles. The van der Waals surface area contributed by atoms with Gasteiger partial charge in [0.2, 0.25) is 0 Å². The minimum absolute atomic E-state index is 0.243. The maximum atomic E-state index is 12.8. The molecule has 102 valence electrons. The average Bonchev–Trinajstić information content (AvgIpc) is 3.22. The Morgan fingerprint density at radius 1 is 1.32 bits per heavy atom. The van der Waals surface area contributed by atoms with Gasteiger partial charge in [-0.1, -0.05) is 12.1 Å². The quantitative estimate of drug-likeness (QED) is 0.643. The van der Waals surface area contributed by atoms with Gasteiger partial charge < -0.3 is 11.5 Å². The van der Waals surface area contributed by atoms with Crippen molar-refractivity contribution in [1.82, 2.24) is 0 Å². The van der Waals surface area contributed by atoms with Crippen LogP contribution in [-0.2, 0) is 6.42 Å². The molecule has 0 bridgehead atoms. The third kappa shape index (κ3) is 3.99. The van der Waals surface area contributed by atoms with Gasteiger partial charge in [0.05, 0.1) is 0 Å². The van der Waals surface area contributed by atoms with Crippen molar-refractivity contribution < 1.29 is 4.39 Å². The summed E-state index contributed by atoms with van der Waals surface area (Å²) < 4.78 is 12.8. The molecule has 1 fully saturated rings. The molecular weight excluding hydrogens is 261 g/mol. The smallest absolute Gasteiger partial charge is 0.123 e. The second-order valence-corrected chi connectivity index (χ2v) is 5.44. The van der Waals surface area contributed by atoms with E-state index in [-0.39, 0.29) is 5.82 Å². The molecule has 0 unspecified atom stereocenters. The van der Waals surface area contributed by atoms with E-state index in [1.54, 1.807) is 12.1 Å². The Morgan fingerprint density at radius 3 is 2.47 bits per heavy atom. The molecule has 0 aliphatic heterocycles. The Labute approximate surface area is 117 Å². The lowest BCUT2D eigenvalue weighted by molar-refractivity contribution is 0.627. The van der Waals surface area contributed by atoms with Gasteiger partial charge in [0.15, 0.2) is 0 Å². The first-order chi connectivity index (χ1) is 9.10. The molecular formula is C14H18FN3S. The van der Waals surface area contributed by atoms with Crippen molar-refractivity contribution in [3.63, 3.8) is 0 Å². The number of benzene rings is 1. The molecule has 0 aromatic heterocycles. The Morgan fingerprint density at radius 2 is 1.95 bits per heavy atom. The summed E-state index contributed by atoms with van der Waals surface area (Å²) in [6.07, 6.45) is 4.72. The van der Waals surface area contributed by atoms with E-state index in [1.165, 1.54) is 23.9 Å². The fourth-order valence-corrected chi connectivity index (χ4v) is 2.27. The lowest BCUT2D eigenvalue weighted by Gasteiger charge is -2.07. The molecule has 5 heteroatoms. The van der Waals surface area contributed by atoms with Gasteiger partial charge >= 0.3 is 0 Å². The molecule has 4 N–H and O–H groups in total. The SMILES string of the molecule is CSC(/N=C(\N)C1CC1)=C(/N)Cc1ccc(F)cc1. The molecule has 1 aliphatic rings. The van der Waals surface area contributed by atoms with Crippen molar-refractivity contribution in [2.24, 2.45) is 22.4 Å². The third-order valence-electron chi connectivity index (χ3n) is 3.00. The molecule has 1 aliphatic carbocycles. The summed E-state index contributed by atoms with van der Waals surface area (Å²) in [5.41, 5.74) is 13.6. The van der Waals surface area contributed by atoms with Crippen LogP contribution in [0.5, 0.6) is 0 Å². The van der Waals surface area contributed by atoms with Gasteiger partial charge in [0.1, 0.15) is 16.7 Å². The minimum atomic E-state index is -0.243. The standard InChI is InChI=1S/C14H18FN3S/c1-19-14(18-13(17)10-4-5-10)12(16)8-9-2-6-11(15)7-3-9/h2-3,6-7,10H,4-5,8,16H2,1H3,(H2,17,18)/b14-12+. The van der Waals surface area contributed by atoms with E-state index in [9.17, 15) is 4.39 Å². The number of halogens is 1. The topological polar surface area (TPSA) is 64.4 Å². The molecule has 3 nitrogen and oxygen atoms in total. The van der Waals surface area contributed by atoms with Gasteiger partial charge in [-0.25, -0.2) is 9.38 Å². The van der Waals surface area contributed by atoms with Gasteiger partial charge in [-0.05, 0) is 36.8 Å². The Kier molecular flexibility index (Phi) is 4.47. The summed E-state index contributed by atoms with van der Waals surface area (Å²) in [4.78, 5) is 4.41. The third-order valence-corrected chi connectivity index (χ3v) is 3.74. The zero-order valence-corrected chi connectivity index (χ0v) is 11.7. The van der Waals surface area contributed by atoms with Gasteiger partial charge in [0, 0.05) is 18.0 Å². The van der Waals surface area contributed by atoms with Gasteiger partial charge in [-0.3, -0.25) is 0 Å². The first-order valence-electron chi connectivity index (χ1n) is 6.21. The van der Waals surface area contributed by atoms with Crippen molar-refractivity contribution in [3.05, 3.63) is 46.4 Å². The average molecular weight is 279 g/mol. The van der Waals surface area contributed by atoms with E-state index in [1.807, 2.05) is 6.26 Å². The summed E-state index contributed by atoms with van der Waals surface area (Å²) >= 11 is 1.49. The largest absolute Gasteiger partial charge is 0.400 e. The minimum Gasteiger partial charge on any atom is -0.400 e. The molecule has 0 atom stereocenters. The van der Waals surface area contributed by atoms with Crippen LogP contribution in [0, 0.1) is 11.7 Å². The van der Waals surface area contributed by atoms with Crippen molar-refractivity contribution in [3.8, 4) is 0 Å². The van der Waals surface area contributed by atoms with Crippen LogP contribution in [0.15, 0.2) is 40.0 Å². The number of hydrogen-bond acceptors (Lipinski definition) is 3. The highest BCUT2D eigenvalue weighted by Crippen LogP contribution is 2.30. The van der Waals surface area contributed by atoms with Crippen molar-refractivity contribution >= 4 is 17.6 Å². The van der Waals surface area contributed by atoms with Gasteiger partial charge in [0.25, 0.3) is 0 Å². The summed E-state index contributed by atoms with van der Waals surface area (Å²) in [7, 11) is 0. The van der Waals surface area contributed by atoms with E-state index >= 15 is 0 Å². The predicted molar refractivity (Wildman–Crippen MR) is 79.2 cm³/mol. The molecule has 0 amide bonds. The maximum Gasteiger partial charge on any atom is 0.123 e. The highest BCUT2D eigenvalue weighted by Gasteiger charge is 2.25. The first kappa shape index (κ1) is 13.9. The monoisotopic (exact) mass is 279 g/mol. The fourth-order valence-electron chi connectivity index (χ4n) is 1.73. The van der Waals surface area contributed by atoms with Crippen LogP contribution >= 0.6 is 11.8 Å². The Bertz CT molecular complexity index is 504. The van der Waals surface area contributed by atoms with Crippen LogP contribution in [0.25, 0.3) is 0 Å². The Hall–Kier alpha value is -1.49. The maximum absolute atomic E-state index is 12.8. The number of thioether (sulfide) groups is 1. The number of rotatable bonds is 5. The number of aliphatic imine (C=N–C) groups is 1. The van der Waals surface area contributed by atoms with E-state index in [2.05, 4.69) is 4.99 Å². The second-order valence-electron chi connectivity index (χ2n) is 4.65. The lowest BCUT2D eigenvalue weighted by Crippen LogP contribution is -2.15. The van der Waals surface area contributed by atoms with E-state index in [4.69, 9.17) is 11.5 Å². The molecule has 1 saturated carbocycles. The molecule has 1 aromatic rings. The van der Waals surface area contributed by atoms with Gasteiger partial charge in [-0.2, -0.15) is 0 Å². The summed E-state index contributed by atoms with van der Waals surface area (Å²) in [6.45, 7) is 0. The van der Waals surface area contributed by atoms with E-state index < -0.39 is 0 Å². The second kappa shape index (κ2) is 6.10. The number of hydrogen-bond donors (Lipinski definition) is 2. The molecule has 0 spiro atoms. The fraction of sp³-hybridized carbons (Fsp3) is 0.357. The van der Waals surface area contributed by atoms with Crippen LogP contribution in [0.1, 0.15) is 18.4 Å². The zero-order chi connectivity index (χ0) is 13.8. The van der Waals surface area contributed by atoms with Crippen molar-refractivity contribution in [2.75, 3.05) is 6.26 Å². The number of amidine groups is 1. The molecule has 19 heavy (non-hydrogen) atoms. The molecule has 0 radical (unpaired) electrons. The highest BCUT2D eigenvalue weighted by molar-refractivity contribution is 8.02. The summed E-state index contributed by atoms with van der Waals surface area (Å²) in [5, 5.41) is 0.758. The van der Waals surface area contributed by atoms with E-state index in [0.29, 0.717) is 23.9 Å². The number of allylic oxidation sites excluding steroid dienone is 1. The predicted octanol–water partition coefficient (Wildman–Crippen LogP) is 2.63. The zero-order valence-electron chi connectivity index (χ0n) is 10.9. The summed E-state index contributed by atoms with van der Waals surface area (Å²) in [6, 6.07) is 6.33. The normalized spacial score (nSPS) is 17.3. The van der Waals surface area contributed by atoms with Crippen LogP contribution in [-0.4, -0.2) is 12.1 Å². The van der Waals surface area contributed by atoms with E-state index in [0.717, 1.165) is 23.4 Å². The van der Waals surface area contributed by atoms with Crippen molar-refractivity contribution in [1.29, 1.82) is 0 Å². The molecule has 0 heterocycles. The number of nitrogens with two attached hydrogens (primary N) is 2. The van der Waals surface area contributed by atoms with Crippen LogP contribution in [0.3, 0.4) is 0 Å². The summed E-state index contributed by atoms with van der Waals surface area (Å²) in [5.74, 6) is 0.861. The van der Waals surface area contributed by atoms with Crippen LogP contribution in [0.2, 0.25) is 0 Å². The van der Waals surface area contributed by atoms with Crippen LogP contribution in [0.4, 0.5) is 4.39 Å². The van der Waals surface area contributed by atoms with Crippen molar-refractivity contribution in [2.45, 2.75) is 19.3 Å².